The molecule has 0 aliphatic carbocycles. The third-order valence-electron chi connectivity index (χ3n) is 2.69. The molecule has 0 saturated carbocycles. The van der Waals surface area contributed by atoms with Crippen LogP contribution in [-0.2, 0) is 16.0 Å². The number of benzene rings is 1. The zero-order valence-corrected chi connectivity index (χ0v) is 8.43. The second kappa shape index (κ2) is 3.52. The number of carbonyl (C=O) groups is 2. The van der Waals surface area contributed by atoms with Gasteiger partial charge < -0.3 is 15.5 Å². The van der Waals surface area contributed by atoms with Crippen molar-refractivity contribution in [3.8, 4) is 5.75 Å². The number of carboxylic acid groups (broad SMARTS) is 1. The first-order valence-corrected chi connectivity index (χ1v) is 4.84. The summed E-state index contributed by atoms with van der Waals surface area (Å²) >= 11 is 0. The summed E-state index contributed by atoms with van der Waals surface area (Å²) in [5, 5.41) is 20.6. The van der Waals surface area contributed by atoms with E-state index in [9.17, 15) is 9.59 Å². The van der Waals surface area contributed by atoms with Crippen LogP contribution in [0.1, 0.15) is 12.0 Å². The van der Waals surface area contributed by atoms with Gasteiger partial charge in [-0.3, -0.25) is 4.79 Å². The molecule has 16 heavy (non-hydrogen) atoms. The van der Waals surface area contributed by atoms with Gasteiger partial charge in [0.25, 0.3) is 0 Å². The average molecular weight is 221 g/mol. The first-order chi connectivity index (χ1) is 7.52. The topological polar surface area (TPSA) is 86.6 Å². The highest BCUT2D eigenvalue weighted by Crippen LogP contribution is 2.26. The highest BCUT2D eigenvalue weighted by Gasteiger charge is 2.49. The molecule has 0 spiro atoms. The zero-order chi connectivity index (χ0) is 11.8. The van der Waals surface area contributed by atoms with Gasteiger partial charge in [-0.2, -0.15) is 0 Å². The van der Waals surface area contributed by atoms with Crippen LogP contribution in [0.3, 0.4) is 0 Å². The Morgan fingerprint density at radius 2 is 1.94 bits per heavy atom. The van der Waals surface area contributed by atoms with E-state index in [0.717, 1.165) is 5.56 Å². The van der Waals surface area contributed by atoms with Crippen molar-refractivity contribution in [2.75, 3.05) is 0 Å². The number of amides is 1. The quantitative estimate of drug-likeness (QED) is 0.640. The lowest BCUT2D eigenvalue weighted by Gasteiger charge is -2.38. The molecular formula is C11H11NO4. The smallest absolute Gasteiger partial charge is 0.330 e. The van der Waals surface area contributed by atoms with Crippen molar-refractivity contribution in [1.29, 1.82) is 0 Å². The molecule has 0 aromatic heterocycles. The molecule has 5 nitrogen and oxygen atoms in total. The molecule has 5 heteroatoms. The van der Waals surface area contributed by atoms with Gasteiger partial charge in [-0.05, 0) is 17.7 Å². The molecule has 3 N–H and O–H groups in total. The van der Waals surface area contributed by atoms with Crippen molar-refractivity contribution >= 4 is 11.9 Å². The normalized spacial score (nSPS) is 23.4. The molecule has 0 radical (unpaired) electrons. The molecule has 1 aliphatic heterocycles. The summed E-state index contributed by atoms with van der Waals surface area (Å²) in [7, 11) is 0. The summed E-state index contributed by atoms with van der Waals surface area (Å²) < 4.78 is 0. The van der Waals surface area contributed by atoms with Crippen LogP contribution in [0.25, 0.3) is 0 Å². The van der Waals surface area contributed by atoms with Gasteiger partial charge in [-0.25, -0.2) is 4.79 Å². The minimum Gasteiger partial charge on any atom is -0.508 e. The van der Waals surface area contributed by atoms with Crippen LogP contribution in [0.2, 0.25) is 0 Å². The molecule has 0 unspecified atom stereocenters. The van der Waals surface area contributed by atoms with Crippen LogP contribution in [0.5, 0.6) is 5.75 Å². The summed E-state index contributed by atoms with van der Waals surface area (Å²) in [5.41, 5.74) is -0.408. The number of hydrogen-bond acceptors (Lipinski definition) is 3. The van der Waals surface area contributed by atoms with Gasteiger partial charge >= 0.3 is 5.97 Å². The maximum absolute atomic E-state index is 11.1. The summed E-state index contributed by atoms with van der Waals surface area (Å²) in [6, 6.07) is 6.27. The lowest BCUT2D eigenvalue weighted by atomic mass is 9.81. The number of nitrogens with one attached hydrogen (secondary N) is 1. The second-order valence-corrected chi connectivity index (χ2v) is 3.96. The van der Waals surface area contributed by atoms with E-state index in [1.807, 2.05) is 0 Å². The molecule has 2 rings (SSSR count). The average Bonchev–Trinajstić information content (AvgIpc) is 2.18. The molecule has 1 saturated heterocycles. The highest BCUT2D eigenvalue weighted by atomic mass is 16.4. The molecule has 1 heterocycles. The van der Waals surface area contributed by atoms with Gasteiger partial charge in [0.05, 0.1) is 6.42 Å². The number of carbonyl (C=O) groups excluding carboxylic acids is 1. The Balaban J connectivity index is 2.16. The minimum atomic E-state index is -1.17. The molecule has 1 aromatic rings. The Morgan fingerprint density at radius 1 is 1.38 bits per heavy atom. The van der Waals surface area contributed by atoms with Crippen molar-refractivity contribution in [1.82, 2.24) is 5.32 Å². The summed E-state index contributed by atoms with van der Waals surface area (Å²) in [6.07, 6.45) is 0.234. The molecule has 1 aromatic carbocycles. The fourth-order valence-corrected chi connectivity index (χ4v) is 1.80. The van der Waals surface area contributed by atoms with Crippen molar-refractivity contribution in [3.05, 3.63) is 29.8 Å². The third kappa shape index (κ3) is 1.71. The fourth-order valence-electron chi connectivity index (χ4n) is 1.80. The zero-order valence-electron chi connectivity index (χ0n) is 8.43. The Morgan fingerprint density at radius 3 is 2.38 bits per heavy atom. The SMILES string of the molecule is O=C1C[C@](Cc2ccc(O)cc2)(C(=O)O)N1. The number of carboxylic acids is 1. The maximum Gasteiger partial charge on any atom is 0.330 e. The Bertz CT molecular complexity index is 430. The van der Waals surface area contributed by atoms with Gasteiger partial charge in [-0.15, -0.1) is 0 Å². The molecule has 0 bridgehead atoms. The van der Waals surface area contributed by atoms with Crippen molar-refractivity contribution < 1.29 is 19.8 Å². The predicted molar refractivity (Wildman–Crippen MR) is 54.9 cm³/mol. The number of rotatable bonds is 3. The number of β-lactam (4-membered cyclic amide) rings is 1. The highest BCUT2D eigenvalue weighted by molar-refractivity contribution is 5.98. The van der Waals surface area contributed by atoms with E-state index in [1.54, 1.807) is 12.1 Å². The molecule has 1 amide bonds. The maximum atomic E-state index is 11.1. The number of phenolic OH excluding ortho intramolecular Hbond substituents is 1. The van der Waals surface area contributed by atoms with Crippen LogP contribution in [0.4, 0.5) is 0 Å². The Kier molecular flexibility index (Phi) is 2.30. The summed E-state index contributed by atoms with van der Waals surface area (Å²) in [4.78, 5) is 21.9. The van der Waals surface area contributed by atoms with E-state index in [4.69, 9.17) is 10.2 Å². The Labute approximate surface area is 91.7 Å². The van der Waals surface area contributed by atoms with Gasteiger partial charge in [-0.1, -0.05) is 12.1 Å². The standard InChI is InChI=1S/C11H11NO4/c13-8-3-1-7(2-4-8)5-11(10(15)16)6-9(14)12-11/h1-4,13H,5-6H2,(H,12,14)(H,15,16)/t11-/m1/s1. The predicted octanol–water partition coefficient (Wildman–Crippen LogP) is 0.278. The second-order valence-electron chi connectivity index (χ2n) is 3.96. The van der Waals surface area contributed by atoms with Gasteiger partial charge in [0, 0.05) is 6.42 Å². The van der Waals surface area contributed by atoms with E-state index < -0.39 is 11.5 Å². The van der Waals surface area contributed by atoms with Crippen molar-refractivity contribution in [2.24, 2.45) is 0 Å². The molecule has 84 valence electrons. The van der Waals surface area contributed by atoms with Gasteiger partial charge in [0.2, 0.25) is 5.91 Å². The minimum absolute atomic E-state index is 0.00318. The van der Waals surface area contributed by atoms with Crippen molar-refractivity contribution in [2.45, 2.75) is 18.4 Å². The van der Waals surface area contributed by atoms with Crippen LogP contribution in [0.15, 0.2) is 24.3 Å². The number of phenols is 1. The lowest BCUT2D eigenvalue weighted by Crippen LogP contribution is -2.66. The number of aliphatic carboxylic acids is 1. The summed E-state index contributed by atoms with van der Waals surface area (Å²) in [5.74, 6) is -1.15. The third-order valence-corrected chi connectivity index (χ3v) is 2.69. The molecule has 1 atom stereocenters. The van der Waals surface area contributed by atoms with Crippen LogP contribution >= 0.6 is 0 Å². The number of hydrogen-bond donors (Lipinski definition) is 3. The van der Waals surface area contributed by atoms with E-state index in [1.165, 1.54) is 12.1 Å². The monoisotopic (exact) mass is 221 g/mol. The molecule has 1 aliphatic rings. The van der Waals surface area contributed by atoms with E-state index in [-0.39, 0.29) is 24.5 Å². The van der Waals surface area contributed by atoms with Gasteiger partial charge in [0.1, 0.15) is 5.75 Å². The van der Waals surface area contributed by atoms with Crippen LogP contribution < -0.4 is 5.32 Å². The fraction of sp³-hybridized carbons (Fsp3) is 0.273. The summed E-state index contributed by atoms with van der Waals surface area (Å²) in [6.45, 7) is 0. The number of aromatic hydroxyl groups is 1. The van der Waals surface area contributed by atoms with E-state index >= 15 is 0 Å². The molecule has 1 fully saturated rings. The van der Waals surface area contributed by atoms with E-state index in [0.29, 0.717) is 0 Å². The lowest BCUT2D eigenvalue weighted by molar-refractivity contribution is -0.156. The van der Waals surface area contributed by atoms with Crippen molar-refractivity contribution in [3.63, 3.8) is 0 Å². The van der Waals surface area contributed by atoms with E-state index in [2.05, 4.69) is 5.32 Å². The first-order valence-electron chi connectivity index (χ1n) is 4.84. The molecular weight excluding hydrogens is 210 g/mol. The Hall–Kier alpha value is -2.04. The van der Waals surface area contributed by atoms with Gasteiger partial charge in [0.15, 0.2) is 5.54 Å². The first kappa shape index (κ1) is 10.5. The van der Waals surface area contributed by atoms with Crippen LogP contribution in [0, 0.1) is 0 Å². The van der Waals surface area contributed by atoms with Crippen LogP contribution in [-0.4, -0.2) is 27.6 Å². The largest absolute Gasteiger partial charge is 0.508 e.